The number of nitrogens with one attached hydrogen (secondary N) is 1. The van der Waals surface area contributed by atoms with E-state index in [1.807, 2.05) is 48.5 Å². The number of alkyl carbamates (subject to hydrolysis) is 1. The molecule has 0 fully saturated rings. The number of rotatable bonds is 7. The predicted molar refractivity (Wildman–Crippen MR) is 118 cm³/mol. The Morgan fingerprint density at radius 2 is 1.56 bits per heavy atom. The van der Waals surface area contributed by atoms with E-state index in [1.165, 1.54) is 0 Å². The molecule has 0 aromatic heterocycles. The van der Waals surface area contributed by atoms with Crippen LogP contribution in [0.1, 0.15) is 44.2 Å². The van der Waals surface area contributed by atoms with E-state index in [1.54, 1.807) is 20.8 Å². The van der Waals surface area contributed by atoms with Gasteiger partial charge in [0.2, 0.25) is 0 Å². The van der Waals surface area contributed by atoms with Gasteiger partial charge in [0.15, 0.2) is 0 Å². The van der Waals surface area contributed by atoms with Crippen molar-refractivity contribution >= 4 is 18.0 Å². The molecule has 0 radical (unpaired) electrons. The van der Waals surface area contributed by atoms with Crippen LogP contribution in [0.3, 0.4) is 0 Å². The number of amides is 1. The first-order valence-electron chi connectivity index (χ1n) is 10.4. The van der Waals surface area contributed by atoms with E-state index in [2.05, 4.69) is 5.32 Å². The summed E-state index contributed by atoms with van der Waals surface area (Å²) in [4.78, 5) is 36.2. The molecule has 2 aromatic rings. The van der Waals surface area contributed by atoms with Gasteiger partial charge in [-0.1, -0.05) is 48.5 Å². The van der Waals surface area contributed by atoms with Crippen molar-refractivity contribution in [2.24, 2.45) is 5.73 Å². The molecule has 8 nitrogen and oxygen atoms in total. The number of fused-ring (bicyclic) bond motifs is 3. The van der Waals surface area contributed by atoms with Gasteiger partial charge in [-0.25, -0.2) is 9.59 Å². The minimum absolute atomic E-state index is 0.0433. The molecule has 2 atom stereocenters. The van der Waals surface area contributed by atoms with Crippen LogP contribution in [0.15, 0.2) is 48.5 Å². The maximum absolute atomic E-state index is 12.8. The number of carboxylic acids is 1. The standard InChI is InChI=1S/C24H28N2O6/c1-24(2,3)32-23(30)26-20(12-19(25)21(27)28)22(29)31-13-18-16-10-6-4-8-14(16)15-9-5-7-11-17(15)18/h4-11,18-20H,12-13,25H2,1-3H3,(H,26,30)(H,27,28)/t19-,20+/m1/s1. The van der Waals surface area contributed by atoms with Gasteiger partial charge in [0.25, 0.3) is 0 Å². The number of carboxylic acid groups (broad SMARTS) is 1. The first-order chi connectivity index (χ1) is 15.1. The van der Waals surface area contributed by atoms with E-state index in [9.17, 15) is 14.4 Å². The Balaban J connectivity index is 1.74. The number of aliphatic carboxylic acids is 1. The van der Waals surface area contributed by atoms with Crippen LogP contribution in [0.2, 0.25) is 0 Å². The normalized spacial score (nSPS) is 14.6. The summed E-state index contributed by atoms with van der Waals surface area (Å²) in [6, 6.07) is 13.2. The lowest BCUT2D eigenvalue weighted by molar-refractivity contribution is -0.147. The van der Waals surface area contributed by atoms with Crippen LogP contribution < -0.4 is 11.1 Å². The number of ether oxygens (including phenoxy) is 2. The minimum atomic E-state index is -1.35. The largest absolute Gasteiger partial charge is 0.480 e. The van der Waals surface area contributed by atoms with Gasteiger partial charge in [0.1, 0.15) is 24.3 Å². The molecule has 3 rings (SSSR count). The lowest BCUT2D eigenvalue weighted by Crippen LogP contribution is -2.48. The molecule has 8 heteroatoms. The Kier molecular flexibility index (Phi) is 6.84. The lowest BCUT2D eigenvalue weighted by atomic mass is 9.98. The number of hydrogen-bond donors (Lipinski definition) is 3. The quantitative estimate of drug-likeness (QED) is 0.565. The molecule has 0 bridgehead atoms. The molecule has 0 saturated heterocycles. The summed E-state index contributed by atoms with van der Waals surface area (Å²) in [6.45, 7) is 5.08. The fraction of sp³-hybridized carbons (Fsp3) is 0.375. The third-order valence-electron chi connectivity index (χ3n) is 5.14. The maximum atomic E-state index is 12.8. The van der Waals surface area contributed by atoms with Crippen molar-refractivity contribution in [3.05, 3.63) is 59.7 Å². The van der Waals surface area contributed by atoms with E-state index in [4.69, 9.17) is 20.3 Å². The summed E-state index contributed by atoms with van der Waals surface area (Å²) in [5, 5.41) is 11.5. The van der Waals surface area contributed by atoms with Crippen molar-refractivity contribution in [1.29, 1.82) is 0 Å². The summed E-state index contributed by atoms with van der Waals surface area (Å²) in [7, 11) is 0. The average Bonchev–Trinajstić information content (AvgIpc) is 3.04. The van der Waals surface area contributed by atoms with Gasteiger partial charge in [-0.2, -0.15) is 0 Å². The van der Waals surface area contributed by atoms with Crippen LogP contribution >= 0.6 is 0 Å². The molecule has 1 amide bonds. The molecular formula is C24H28N2O6. The molecule has 170 valence electrons. The zero-order valence-corrected chi connectivity index (χ0v) is 18.3. The van der Waals surface area contributed by atoms with Gasteiger partial charge in [-0.15, -0.1) is 0 Å². The average molecular weight is 440 g/mol. The number of benzene rings is 2. The van der Waals surface area contributed by atoms with Crippen molar-refractivity contribution < 1.29 is 29.0 Å². The van der Waals surface area contributed by atoms with E-state index >= 15 is 0 Å². The highest BCUT2D eigenvalue weighted by atomic mass is 16.6. The topological polar surface area (TPSA) is 128 Å². The predicted octanol–water partition coefficient (Wildman–Crippen LogP) is 3.04. The van der Waals surface area contributed by atoms with Crippen molar-refractivity contribution in [3.8, 4) is 11.1 Å². The number of hydrogen-bond acceptors (Lipinski definition) is 6. The van der Waals surface area contributed by atoms with Gasteiger partial charge in [-0.05, 0) is 43.0 Å². The van der Waals surface area contributed by atoms with Gasteiger partial charge in [0, 0.05) is 12.3 Å². The number of esters is 1. The highest BCUT2D eigenvalue weighted by Gasteiger charge is 2.33. The molecule has 1 aliphatic carbocycles. The van der Waals surface area contributed by atoms with Crippen LogP contribution in [0.25, 0.3) is 11.1 Å². The van der Waals surface area contributed by atoms with Gasteiger partial charge in [0.05, 0.1) is 0 Å². The van der Waals surface area contributed by atoms with Crippen molar-refractivity contribution in [3.63, 3.8) is 0 Å². The molecule has 4 N–H and O–H groups in total. The summed E-state index contributed by atoms with van der Waals surface area (Å²) >= 11 is 0. The van der Waals surface area contributed by atoms with E-state index < -0.39 is 35.7 Å². The second-order valence-corrected chi connectivity index (χ2v) is 8.74. The van der Waals surface area contributed by atoms with E-state index in [0.717, 1.165) is 22.3 Å². The summed E-state index contributed by atoms with van der Waals surface area (Å²) in [5.74, 6) is -2.22. The van der Waals surface area contributed by atoms with Gasteiger partial charge in [-0.3, -0.25) is 4.79 Å². The summed E-state index contributed by atoms with van der Waals surface area (Å²) in [6.07, 6.45) is -1.18. The zero-order valence-electron chi connectivity index (χ0n) is 18.3. The number of carbonyl (C=O) groups is 3. The first-order valence-corrected chi connectivity index (χ1v) is 10.4. The van der Waals surface area contributed by atoms with Gasteiger partial charge >= 0.3 is 18.0 Å². The third kappa shape index (κ3) is 5.45. The molecular weight excluding hydrogens is 412 g/mol. The Morgan fingerprint density at radius 3 is 2.06 bits per heavy atom. The van der Waals surface area contributed by atoms with Crippen LogP contribution in [0.4, 0.5) is 4.79 Å². The minimum Gasteiger partial charge on any atom is -0.480 e. The second kappa shape index (κ2) is 9.40. The number of carbonyl (C=O) groups excluding carboxylic acids is 2. The maximum Gasteiger partial charge on any atom is 0.408 e. The van der Waals surface area contributed by atoms with Crippen LogP contribution in [0, 0.1) is 0 Å². The van der Waals surface area contributed by atoms with Crippen molar-refractivity contribution in [2.75, 3.05) is 6.61 Å². The first kappa shape index (κ1) is 23.3. The fourth-order valence-corrected chi connectivity index (χ4v) is 3.72. The van der Waals surface area contributed by atoms with Crippen molar-refractivity contribution in [1.82, 2.24) is 5.32 Å². The van der Waals surface area contributed by atoms with Crippen molar-refractivity contribution in [2.45, 2.75) is 50.8 Å². The summed E-state index contributed by atoms with van der Waals surface area (Å²) < 4.78 is 10.7. The molecule has 1 aliphatic rings. The smallest absolute Gasteiger partial charge is 0.408 e. The van der Waals surface area contributed by atoms with Gasteiger partial charge < -0.3 is 25.6 Å². The molecule has 2 aromatic carbocycles. The Bertz CT molecular complexity index is 968. The Morgan fingerprint density at radius 1 is 1.03 bits per heavy atom. The van der Waals surface area contributed by atoms with Crippen LogP contribution in [0.5, 0.6) is 0 Å². The number of nitrogens with two attached hydrogens (primary N) is 1. The molecule has 0 heterocycles. The Labute approximate surface area is 186 Å². The van der Waals surface area contributed by atoms with E-state index in [-0.39, 0.29) is 18.9 Å². The lowest BCUT2D eigenvalue weighted by Gasteiger charge is -2.24. The van der Waals surface area contributed by atoms with Crippen LogP contribution in [-0.2, 0) is 19.1 Å². The molecule has 0 aliphatic heterocycles. The summed E-state index contributed by atoms with van der Waals surface area (Å²) in [5.41, 5.74) is 9.07. The monoisotopic (exact) mass is 440 g/mol. The third-order valence-corrected chi connectivity index (χ3v) is 5.14. The Hall–Kier alpha value is -3.39. The van der Waals surface area contributed by atoms with E-state index in [0.29, 0.717) is 0 Å². The second-order valence-electron chi connectivity index (χ2n) is 8.74. The zero-order chi connectivity index (χ0) is 23.5. The molecule has 0 unspecified atom stereocenters. The molecule has 0 saturated carbocycles. The SMILES string of the molecule is CC(C)(C)OC(=O)N[C@@H](C[C@@H](N)C(=O)O)C(=O)OCC1c2ccccc2-c2ccccc21. The highest BCUT2D eigenvalue weighted by Crippen LogP contribution is 2.44. The van der Waals surface area contributed by atoms with Crippen LogP contribution in [-0.4, -0.2) is 47.4 Å². The molecule has 0 spiro atoms. The molecule has 32 heavy (non-hydrogen) atoms. The highest BCUT2D eigenvalue weighted by molar-refractivity contribution is 5.83. The fourth-order valence-electron chi connectivity index (χ4n) is 3.72.